The molecule has 28 heavy (non-hydrogen) atoms. The van der Waals surface area contributed by atoms with Crippen LogP contribution in [-0.4, -0.2) is 61.1 Å². The Morgan fingerprint density at radius 2 is 2.11 bits per heavy atom. The maximum atomic E-state index is 12.5. The topological polar surface area (TPSA) is 61.8 Å². The van der Waals surface area contributed by atoms with E-state index in [1.165, 1.54) is 12.8 Å². The Bertz CT molecular complexity index is 631. The summed E-state index contributed by atoms with van der Waals surface area (Å²) in [6.45, 7) is 5.31. The van der Waals surface area contributed by atoms with Gasteiger partial charge in [0.15, 0.2) is 5.96 Å². The van der Waals surface area contributed by atoms with Crippen molar-refractivity contribution in [2.75, 3.05) is 32.8 Å². The fourth-order valence-electron chi connectivity index (χ4n) is 3.25. The Labute approximate surface area is 165 Å². The molecule has 1 aromatic rings. The summed E-state index contributed by atoms with van der Waals surface area (Å²) in [7, 11) is 0. The van der Waals surface area contributed by atoms with Crippen LogP contribution in [0.1, 0.15) is 38.2 Å². The predicted octanol–water partition coefficient (Wildman–Crippen LogP) is 2.66. The molecule has 2 fully saturated rings. The molecule has 2 heterocycles. The van der Waals surface area contributed by atoms with Gasteiger partial charge in [0.2, 0.25) is 5.88 Å². The zero-order valence-corrected chi connectivity index (χ0v) is 16.5. The number of nitrogens with one attached hydrogen (secondary N) is 2. The highest BCUT2D eigenvalue weighted by molar-refractivity contribution is 5.80. The number of halogens is 2. The summed E-state index contributed by atoms with van der Waals surface area (Å²) in [5.41, 5.74) is 1.05. The van der Waals surface area contributed by atoms with Gasteiger partial charge in [-0.05, 0) is 50.2 Å². The molecule has 2 N–H and O–H groups in total. The molecule has 156 valence electrons. The fraction of sp³-hybridized carbons (Fsp3) is 0.700. The van der Waals surface area contributed by atoms with Crippen LogP contribution < -0.4 is 15.4 Å². The number of likely N-dealkylation sites (tertiary alicyclic amines) is 1. The van der Waals surface area contributed by atoms with E-state index in [-0.39, 0.29) is 12.6 Å². The van der Waals surface area contributed by atoms with Gasteiger partial charge in [-0.1, -0.05) is 0 Å². The second kappa shape index (κ2) is 10.5. The van der Waals surface area contributed by atoms with Gasteiger partial charge in [0, 0.05) is 37.9 Å². The summed E-state index contributed by atoms with van der Waals surface area (Å²) >= 11 is 0. The van der Waals surface area contributed by atoms with Gasteiger partial charge in [-0.2, -0.15) is 0 Å². The highest BCUT2D eigenvalue weighted by Gasteiger charge is 2.23. The molecule has 0 amide bonds. The lowest BCUT2D eigenvalue weighted by Crippen LogP contribution is -2.49. The normalized spacial score (nSPS) is 19.1. The number of piperidine rings is 1. The highest BCUT2D eigenvalue weighted by Crippen LogP contribution is 2.29. The van der Waals surface area contributed by atoms with Crippen LogP contribution in [0.4, 0.5) is 8.78 Å². The van der Waals surface area contributed by atoms with Gasteiger partial charge < -0.3 is 15.4 Å². The zero-order chi connectivity index (χ0) is 19.8. The number of aromatic nitrogens is 1. The minimum atomic E-state index is -2.26. The monoisotopic (exact) mass is 395 g/mol. The van der Waals surface area contributed by atoms with Crippen LogP contribution in [0.25, 0.3) is 0 Å². The van der Waals surface area contributed by atoms with E-state index in [1.807, 2.05) is 24.0 Å². The van der Waals surface area contributed by atoms with Crippen molar-refractivity contribution in [3.63, 3.8) is 0 Å². The Morgan fingerprint density at radius 3 is 2.79 bits per heavy atom. The van der Waals surface area contributed by atoms with Crippen molar-refractivity contribution >= 4 is 5.96 Å². The number of guanidine groups is 1. The number of nitrogens with zero attached hydrogens (tertiary/aromatic N) is 3. The van der Waals surface area contributed by atoms with Crippen LogP contribution >= 0.6 is 0 Å². The van der Waals surface area contributed by atoms with Gasteiger partial charge >= 0.3 is 0 Å². The molecule has 1 saturated carbocycles. The number of hydrogen-bond donors (Lipinski definition) is 2. The Balaban J connectivity index is 1.49. The first kappa shape index (κ1) is 20.8. The standard InChI is InChI=1S/C20H31F2N5O/c1-2-23-20(26-17-6-9-27(10-7-17)13-18(21)22)25-12-16-5-8-24-19(11-16)28-14-15-3-4-15/h5,8,11,15,17-18H,2-4,6-7,9-10,12-14H2,1H3,(H2,23,25,26). The third-order valence-electron chi connectivity index (χ3n) is 5.05. The SMILES string of the molecule is CCNC(=NCc1ccnc(OCC2CC2)c1)NC1CCN(CC(F)F)CC1. The molecule has 6 nitrogen and oxygen atoms in total. The van der Waals surface area contributed by atoms with Gasteiger partial charge in [-0.15, -0.1) is 0 Å². The first-order valence-electron chi connectivity index (χ1n) is 10.3. The molecular formula is C20H31F2N5O. The lowest BCUT2D eigenvalue weighted by molar-refractivity contribution is 0.0744. The Morgan fingerprint density at radius 1 is 1.32 bits per heavy atom. The molecule has 1 saturated heterocycles. The third kappa shape index (κ3) is 7.22. The van der Waals surface area contributed by atoms with Gasteiger partial charge in [0.1, 0.15) is 0 Å². The number of aliphatic imine (C=N–C) groups is 1. The summed E-state index contributed by atoms with van der Waals surface area (Å²) in [6, 6.07) is 4.14. The predicted molar refractivity (Wildman–Crippen MR) is 106 cm³/mol. The molecular weight excluding hydrogens is 364 g/mol. The van der Waals surface area contributed by atoms with Crippen LogP contribution in [0.15, 0.2) is 23.3 Å². The molecule has 1 aliphatic heterocycles. The minimum Gasteiger partial charge on any atom is -0.477 e. The van der Waals surface area contributed by atoms with Crippen molar-refractivity contribution in [2.45, 2.75) is 51.6 Å². The summed E-state index contributed by atoms with van der Waals surface area (Å²) in [5, 5.41) is 6.71. The van der Waals surface area contributed by atoms with E-state index in [9.17, 15) is 8.78 Å². The molecule has 0 spiro atoms. The summed E-state index contributed by atoms with van der Waals surface area (Å²) in [4.78, 5) is 10.8. The van der Waals surface area contributed by atoms with E-state index in [1.54, 1.807) is 6.20 Å². The lowest BCUT2D eigenvalue weighted by atomic mass is 10.1. The average molecular weight is 395 g/mol. The van der Waals surface area contributed by atoms with Gasteiger partial charge in [0.05, 0.1) is 19.7 Å². The van der Waals surface area contributed by atoms with E-state index in [0.29, 0.717) is 31.4 Å². The van der Waals surface area contributed by atoms with Crippen LogP contribution in [0, 0.1) is 5.92 Å². The Kier molecular flexibility index (Phi) is 7.82. The molecule has 1 aliphatic carbocycles. The molecule has 0 aromatic carbocycles. The maximum absolute atomic E-state index is 12.5. The minimum absolute atomic E-state index is 0.131. The molecule has 0 atom stereocenters. The van der Waals surface area contributed by atoms with Crippen molar-refractivity contribution in [2.24, 2.45) is 10.9 Å². The quantitative estimate of drug-likeness (QED) is 0.497. The van der Waals surface area contributed by atoms with E-state index in [4.69, 9.17) is 4.74 Å². The zero-order valence-electron chi connectivity index (χ0n) is 16.5. The first-order valence-corrected chi connectivity index (χ1v) is 10.3. The molecule has 0 bridgehead atoms. The molecule has 2 aliphatic rings. The first-order chi connectivity index (χ1) is 13.6. The van der Waals surface area contributed by atoms with E-state index in [0.717, 1.165) is 37.5 Å². The summed E-state index contributed by atoms with van der Waals surface area (Å²) in [5.74, 6) is 2.11. The number of ether oxygens (including phenoxy) is 1. The summed E-state index contributed by atoms with van der Waals surface area (Å²) in [6.07, 6.45) is 3.68. The molecule has 0 radical (unpaired) electrons. The van der Waals surface area contributed by atoms with Crippen molar-refractivity contribution in [3.8, 4) is 5.88 Å². The van der Waals surface area contributed by atoms with Crippen LogP contribution in [0.2, 0.25) is 0 Å². The average Bonchev–Trinajstić information content (AvgIpc) is 3.51. The van der Waals surface area contributed by atoms with Gasteiger partial charge in [0.25, 0.3) is 6.43 Å². The van der Waals surface area contributed by atoms with Crippen LogP contribution in [-0.2, 0) is 6.54 Å². The maximum Gasteiger partial charge on any atom is 0.251 e. The van der Waals surface area contributed by atoms with Crippen molar-refractivity contribution < 1.29 is 13.5 Å². The smallest absolute Gasteiger partial charge is 0.251 e. The lowest BCUT2D eigenvalue weighted by Gasteiger charge is -2.32. The van der Waals surface area contributed by atoms with Gasteiger partial charge in [-0.3, -0.25) is 4.90 Å². The third-order valence-corrected chi connectivity index (χ3v) is 5.05. The van der Waals surface area contributed by atoms with Crippen molar-refractivity contribution in [1.82, 2.24) is 20.5 Å². The van der Waals surface area contributed by atoms with Crippen LogP contribution in [0.5, 0.6) is 5.88 Å². The highest BCUT2D eigenvalue weighted by atomic mass is 19.3. The second-order valence-corrected chi connectivity index (χ2v) is 7.56. The molecule has 8 heteroatoms. The van der Waals surface area contributed by atoms with Crippen molar-refractivity contribution in [1.29, 1.82) is 0 Å². The summed E-state index contributed by atoms with van der Waals surface area (Å²) < 4.78 is 30.8. The largest absolute Gasteiger partial charge is 0.477 e. The van der Waals surface area contributed by atoms with E-state index < -0.39 is 6.43 Å². The van der Waals surface area contributed by atoms with E-state index in [2.05, 4.69) is 20.6 Å². The molecule has 3 rings (SSSR count). The number of pyridine rings is 1. The fourth-order valence-corrected chi connectivity index (χ4v) is 3.25. The van der Waals surface area contributed by atoms with E-state index >= 15 is 0 Å². The Hall–Kier alpha value is -1.96. The number of alkyl halides is 2. The molecule has 1 aromatic heterocycles. The number of hydrogen-bond acceptors (Lipinski definition) is 4. The van der Waals surface area contributed by atoms with Gasteiger partial charge in [-0.25, -0.2) is 18.8 Å². The van der Waals surface area contributed by atoms with Crippen LogP contribution in [0.3, 0.4) is 0 Å². The van der Waals surface area contributed by atoms with Crippen molar-refractivity contribution in [3.05, 3.63) is 23.9 Å². The second-order valence-electron chi connectivity index (χ2n) is 7.56. The molecule has 0 unspecified atom stereocenters. The number of rotatable bonds is 9.